The Morgan fingerprint density at radius 2 is 1.75 bits per heavy atom. The smallest absolute Gasteiger partial charge is 0.258 e. The predicted octanol–water partition coefficient (Wildman–Crippen LogP) is 2.89. The minimum absolute atomic E-state index is 0.118. The summed E-state index contributed by atoms with van der Waals surface area (Å²) in [6, 6.07) is 4.82. The number of aromatic nitrogens is 3. The average molecular weight is 330 g/mol. The number of carbonyl (C=O) groups is 1. The van der Waals surface area contributed by atoms with Crippen molar-refractivity contribution in [3.63, 3.8) is 0 Å². The molecule has 0 fully saturated rings. The van der Waals surface area contributed by atoms with Gasteiger partial charge in [0.05, 0.1) is 16.8 Å². The fraction of sp³-hybridized carbons (Fsp3) is 0.500. The maximum atomic E-state index is 12.5. The Bertz CT molecular complexity index is 817. The number of aryl methyl sites for hydroxylation is 1. The van der Waals surface area contributed by atoms with Crippen LogP contribution in [-0.2, 0) is 18.0 Å². The van der Waals surface area contributed by atoms with E-state index in [-0.39, 0.29) is 22.4 Å². The largest absolute Gasteiger partial charge is 0.318 e. The number of nitrogens with one attached hydrogen (secondary N) is 1. The fourth-order valence-corrected chi connectivity index (χ4v) is 2.26. The molecule has 0 bridgehead atoms. The zero-order valence-corrected chi connectivity index (χ0v) is 15.5. The van der Waals surface area contributed by atoms with Crippen molar-refractivity contribution in [2.24, 2.45) is 7.05 Å². The molecule has 0 aliphatic heterocycles. The van der Waals surface area contributed by atoms with Crippen molar-refractivity contribution in [2.45, 2.75) is 52.5 Å². The van der Waals surface area contributed by atoms with Gasteiger partial charge >= 0.3 is 0 Å². The lowest BCUT2D eigenvalue weighted by Crippen LogP contribution is -2.27. The number of rotatable bonds is 2. The van der Waals surface area contributed by atoms with Crippen LogP contribution in [-0.4, -0.2) is 20.3 Å². The summed E-state index contributed by atoms with van der Waals surface area (Å²) in [6.45, 7) is 12.4. The Labute approximate surface area is 142 Å². The molecule has 0 atom stereocenters. The van der Waals surface area contributed by atoms with Crippen molar-refractivity contribution in [3.05, 3.63) is 46.0 Å². The molecule has 0 radical (unpaired) electrons. The molecular weight excluding hydrogens is 304 g/mol. The van der Waals surface area contributed by atoms with E-state index in [4.69, 9.17) is 0 Å². The fourth-order valence-electron chi connectivity index (χ4n) is 2.26. The minimum Gasteiger partial charge on any atom is -0.318 e. The van der Waals surface area contributed by atoms with E-state index >= 15 is 0 Å². The van der Waals surface area contributed by atoms with Crippen LogP contribution in [0.5, 0.6) is 0 Å². The molecule has 1 N–H and O–H groups in total. The normalized spacial score (nSPS) is 12.3. The van der Waals surface area contributed by atoms with Gasteiger partial charge in [-0.05, 0) is 26.8 Å². The van der Waals surface area contributed by atoms with Crippen LogP contribution in [0.15, 0.2) is 29.2 Å². The molecule has 0 unspecified atom stereocenters. The summed E-state index contributed by atoms with van der Waals surface area (Å²) in [4.78, 5) is 24.0. The number of hydrogen-bond donors (Lipinski definition) is 1. The number of nitrogens with zero attached hydrogens (tertiary/aromatic N) is 3. The predicted molar refractivity (Wildman–Crippen MR) is 95.6 cm³/mol. The third-order valence-corrected chi connectivity index (χ3v) is 3.70. The lowest BCUT2D eigenvalue weighted by atomic mass is 9.92. The van der Waals surface area contributed by atoms with Gasteiger partial charge in [-0.1, -0.05) is 20.8 Å². The van der Waals surface area contributed by atoms with Crippen LogP contribution in [0.25, 0.3) is 0 Å². The lowest BCUT2D eigenvalue weighted by molar-refractivity contribution is 0.102. The first-order chi connectivity index (χ1) is 10.9. The highest BCUT2D eigenvalue weighted by atomic mass is 16.2. The first-order valence-corrected chi connectivity index (χ1v) is 7.98. The van der Waals surface area contributed by atoms with Gasteiger partial charge in [-0.2, -0.15) is 5.10 Å². The molecule has 6 heteroatoms. The van der Waals surface area contributed by atoms with Gasteiger partial charge in [-0.3, -0.25) is 9.59 Å². The van der Waals surface area contributed by atoms with E-state index in [2.05, 4.69) is 31.2 Å². The van der Waals surface area contributed by atoms with Gasteiger partial charge < -0.3 is 9.88 Å². The Hall–Kier alpha value is -2.37. The zero-order chi connectivity index (χ0) is 18.3. The second kappa shape index (κ2) is 5.92. The Balaban J connectivity index is 2.41. The molecular formula is C18H26N4O2. The van der Waals surface area contributed by atoms with Crippen molar-refractivity contribution in [1.82, 2.24) is 14.3 Å². The molecule has 1 amide bonds. The molecule has 2 rings (SSSR count). The Kier molecular flexibility index (Phi) is 4.44. The highest BCUT2D eigenvalue weighted by Gasteiger charge is 2.26. The molecule has 0 saturated heterocycles. The van der Waals surface area contributed by atoms with Crippen molar-refractivity contribution in [3.8, 4) is 0 Å². The summed E-state index contributed by atoms with van der Waals surface area (Å²) < 4.78 is 3.21. The minimum atomic E-state index is -0.268. The van der Waals surface area contributed by atoms with E-state index in [1.807, 2.05) is 31.5 Å². The van der Waals surface area contributed by atoms with Gasteiger partial charge in [-0.15, -0.1) is 0 Å². The second-order valence-electron chi connectivity index (χ2n) is 8.07. The number of pyridine rings is 1. The SMILES string of the molecule is Cn1cc(C(=O)Nc2cc(C(C)(C)C)nn2C(C)(C)C)ccc1=O. The van der Waals surface area contributed by atoms with Crippen molar-refractivity contribution in [2.75, 3.05) is 5.32 Å². The maximum Gasteiger partial charge on any atom is 0.258 e. The molecule has 2 heterocycles. The van der Waals surface area contributed by atoms with Crippen LogP contribution >= 0.6 is 0 Å². The van der Waals surface area contributed by atoms with E-state index in [1.54, 1.807) is 7.05 Å². The highest BCUT2D eigenvalue weighted by molar-refractivity contribution is 6.03. The van der Waals surface area contributed by atoms with E-state index in [9.17, 15) is 9.59 Å². The number of anilines is 1. The number of amides is 1. The molecule has 130 valence electrons. The second-order valence-corrected chi connectivity index (χ2v) is 8.07. The Morgan fingerprint density at radius 3 is 2.25 bits per heavy atom. The first kappa shape index (κ1) is 18.0. The summed E-state index contributed by atoms with van der Waals surface area (Å²) in [5.74, 6) is 0.378. The number of carbonyl (C=O) groups excluding carboxylic acids is 1. The molecule has 0 aliphatic carbocycles. The summed E-state index contributed by atoms with van der Waals surface area (Å²) in [5, 5.41) is 7.60. The van der Waals surface area contributed by atoms with Gasteiger partial charge in [0, 0.05) is 30.8 Å². The van der Waals surface area contributed by atoms with E-state index in [1.165, 1.54) is 22.9 Å². The van der Waals surface area contributed by atoms with Crippen LogP contribution in [0.4, 0.5) is 5.82 Å². The molecule has 2 aromatic heterocycles. The van der Waals surface area contributed by atoms with Gasteiger partial charge in [-0.25, -0.2) is 4.68 Å². The molecule has 0 aromatic carbocycles. The molecule has 0 saturated carbocycles. The van der Waals surface area contributed by atoms with Crippen molar-refractivity contribution in [1.29, 1.82) is 0 Å². The van der Waals surface area contributed by atoms with Crippen LogP contribution < -0.4 is 10.9 Å². The molecule has 6 nitrogen and oxygen atoms in total. The summed E-state index contributed by atoms with van der Waals surface area (Å²) in [5.41, 5.74) is 0.799. The standard InChI is InChI=1S/C18H26N4O2/c1-17(2,3)13-10-14(22(20-13)18(4,5)6)19-16(24)12-8-9-15(23)21(7)11-12/h8-11H,1-7H3,(H,19,24). The quantitative estimate of drug-likeness (QED) is 0.920. The topological polar surface area (TPSA) is 68.9 Å². The zero-order valence-electron chi connectivity index (χ0n) is 15.5. The summed E-state index contributed by atoms with van der Waals surface area (Å²) in [6.07, 6.45) is 1.53. The molecule has 24 heavy (non-hydrogen) atoms. The highest BCUT2D eigenvalue weighted by Crippen LogP contribution is 2.28. The molecule has 0 spiro atoms. The van der Waals surface area contributed by atoms with E-state index in [0.29, 0.717) is 11.4 Å². The van der Waals surface area contributed by atoms with Crippen molar-refractivity contribution >= 4 is 11.7 Å². The van der Waals surface area contributed by atoms with Gasteiger partial charge in [0.1, 0.15) is 5.82 Å². The van der Waals surface area contributed by atoms with E-state index < -0.39 is 0 Å². The van der Waals surface area contributed by atoms with Crippen molar-refractivity contribution < 1.29 is 4.79 Å². The Morgan fingerprint density at radius 1 is 1.12 bits per heavy atom. The van der Waals surface area contributed by atoms with Crippen LogP contribution in [0.2, 0.25) is 0 Å². The van der Waals surface area contributed by atoms with Crippen LogP contribution in [0, 0.1) is 0 Å². The first-order valence-electron chi connectivity index (χ1n) is 7.98. The summed E-state index contributed by atoms with van der Waals surface area (Å²) >= 11 is 0. The number of hydrogen-bond acceptors (Lipinski definition) is 3. The van der Waals surface area contributed by atoms with E-state index in [0.717, 1.165) is 5.69 Å². The van der Waals surface area contributed by atoms with Crippen LogP contribution in [0.3, 0.4) is 0 Å². The lowest BCUT2D eigenvalue weighted by Gasteiger charge is -2.23. The van der Waals surface area contributed by atoms with Gasteiger partial charge in [0.15, 0.2) is 0 Å². The van der Waals surface area contributed by atoms with Gasteiger partial charge in [0.2, 0.25) is 5.56 Å². The van der Waals surface area contributed by atoms with Gasteiger partial charge in [0.25, 0.3) is 5.91 Å². The third kappa shape index (κ3) is 3.75. The molecule has 2 aromatic rings. The van der Waals surface area contributed by atoms with Crippen LogP contribution in [0.1, 0.15) is 57.6 Å². The monoisotopic (exact) mass is 330 g/mol. The third-order valence-electron chi connectivity index (χ3n) is 3.70. The molecule has 0 aliphatic rings. The summed E-state index contributed by atoms with van der Waals surface area (Å²) in [7, 11) is 1.62. The maximum absolute atomic E-state index is 12.5. The average Bonchev–Trinajstić information content (AvgIpc) is 2.85.